The molecule has 134 valence electrons. The first-order chi connectivity index (χ1) is 11.6. The maximum atomic E-state index is 12.8. The van der Waals surface area contributed by atoms with E-state index in [-0.39, 0.29) is 18.0 Å². The lowest BCUT2D eigenvalue weighted by Crippen LogP contribution is -2.40. The van der Waals surface area contributed by atoms with Crippen LogP contribution in [-0.2, 0) is 23.8 Å². The predicted octanol–water partition coefficient (Wildman–Crippen LogP) is 1.54. The molecule has 2 bridgehead atoms. The maximum absolute atomic E-state index is 12.8. The number of fused-ring (bicyclic) bond motifs is 1. The van der Waals surface area contributed by atoms with Crippen molar-refractivity contribution in [3.05, 3.63) is 12.2 Å². The molecule has 0 saturated carbocycles. The average molecular weight is 337 g/mol. The molecule has 3 aliphatic rings. The van der Waals surface area contributed by atoms with E-state index in [0.29, 0.717) is 26.3 Å². The summed E-state index contributed by atoms with van der Waals surface area (Å²) in [6.07, 6.45) is 7.33. The highest BCUT2D eigenvalue weighted by Gasteiger charge is 2.67. The molecule has 3 rings (SSSR count). The zero-order chi connectivity index (χ0) is 17.2. The molecule has 0 aromatic heterocycles. The van der Waals surface area contributed by atoms with Crippen LogP contribution in [0.2, 0.25) is 0 Å². The first-order valence-electron chi connectivity index (χ1n) is 8.94. The molecule has 2 fully saturated rings. The Balaban J connectivity index is 1.64. The molecule has 6 heteroatoms. The lowest BCUT2D eigenvalue weighted by molar-refractivity contribution is -0.154. The van der Waals surface area contributed by atoms with Crippen molar-refractivity contribution in [1.82, 2.24) is 4.90 Å². The number of unbranched alkanes of at least 4 members (excludes halogenated alkanes) is 2. The standard InChI is InChI=1S/C18H27NO5/c1-3-4-5-11-23-17(21)14-13-7-8-18(24-13)12-19(9-6-10-22-2)16(20)15(14)18/h7-8,13-15H,3-6,9-12H2,1-2H3/t13-,14?,15-,18+/m0/s1. The summed E-state index contributed by atoms with van der Waals surface area (Å²) in [5, 5.41) is 0. The van der Waals surface area contributed by atoms with Crippen molar-refractivity contribution < 1.29 is 23.8 Å². The van der Waals surface area contributed by atoms with Gasteiger partial charge in [0.2, 0.25) is 5.91 Å². The van der Waals surface area contributed by atoms with Gasteiger partial charge in [-0.3, -0.25) is 9.59 Å². The number of esters is 1. The Bertz CT molecular complexity index is 520. The number of hydrogen-bond acceptors (Lipinski definition) is 5. The molecule has 6 nitrogen and oxygen atoms in total. The minimum Gasteiger partial charge on any atom is -0.465 e. The zero-order valence-electron chi connectivity index (χ0n) is 14.5. The largest absolute Gasteiger partial charge is 0.465 e. The third kappa shape index (κ3) is 2.97. The molecule has 0 radical (unpaired) electrons. The van der Waals surface area contributed by atoms with Crippen LogP contribution in [0.5, 0.6) is 0 Å². The number of methoxy groups -OCH3 is 1. The van der Waals surface area contributed by atoms with Gasteiger partial charge in [0.15, 0.2) is 0 Å². The van der Waals surface area contributed by atoms with Gasteiger partial charge in [0, 0.05) is 20.3 Å². The van der Waals surface area contributed by atoms with Gasteiger partial charge < -0.3 is 19.1 Å². The quantitative estimate of drug-likeness (QED) is 0.363. The Labute approximate surface area is 143 Å². The van der Waals surface area contributed by atoms with Crippen LogP contribution in [0.15, 0.2) is 12.2 Å². The van der Waals surface area contributed by atoms with Crippen LogP contribution in [0.25, 0.3) is 0 Å². The van der Waals surface area contributed by atoms with Crippen LogP contribution in [-0.4, -0.2) is 61.9 Å². The Morgan fingerprint density at radius 3 is 2.96 bits per heavy atom. The summed E-state index contributed by atoms with van der Waals surface area (Å²) >= 11 is 0. The summed E-state index contributed by atoms with van der Waals surface area (Å²) in [6.45, 7) is 4.29. The van der Waals surface area contributed by atoms with Crippen molar-refractivity contribution in [3.8, 4) is 0 Å². The Morgan fingerprint density at radius 2 is 2.21 bits per heavy atom. The van der Waals surface area contributed by atoms with Gasteiger partial charge in [-0.1, -0.05) is 31.9 Å². The van der Waals surface area contributed by atoms with E-state index >= 15 is 0 Å². The Kier molecular flexibility index (Phi) is 5.25. The van der Waals surface area contributed by atoms with Gasteiger partial charge in [-0.2, -0.15) is 0 Å². The molecule has 0 aromatic carbocycles. The number of likely N-dealkylation sites (tertiary alicyclic amines) is 1. The highest BCUT2D eigenvalue weighted by atomic mass is 16.6. The second kappa shape index (κ2) is 7.23. The van der Waals surface area contributed by atoms with E-state index in [4.69, 9.17) is 14.2 Å². The van der Waals surface area contributed by atoms with Gasteiger partial charge in [0.25, 0.3) is 0 Å². The van der Waals surface area contributed by atoms with Crippen LogP contribution in [0, 0.1) is 11.8 Å². The fraction of sp³-hybridized carbons (Fsp3) is 0.778. The van der Waals surface area contributed by atoms with E-state index in [9.17, 15) is 9.59 Å². The van der Waals surface area contributed by atoms with Crippen molar-refractivity contribution in [2.24, 2.45) is 11.8 Å². The van der Waals surface area contributed by atoms with Crippen LogP contribution < -0.4 is 0 Å². The van der Waals surface area contributed by atoms with Gasteiger partial charge in [-0.25, -0.2) is 0 Å². The third-order valence-corrected chi connectivity index (χ3v) is 5.22. The lowest BCUT2D eigenvalue weighted by Gasteiger charge is -2.22. The van der Waals surface area contributed by atoms with Crippen LogP contribution in [0.1, 0.15) is 32.6 Å². The van der Waals surface area contributed by atoms with Gasteiger partial charge in [-0.15, -0.1) is 0 Å². The molecule has 3 aliphatic heterocycles. The van der Waals surface area contributed by atoms with Crippen molar-refractivity contribution in [2.75, 3.05) is 33.4 Å². The molecule has 0 N–H and O–H groups in total. The molecular formula is C18H27NO5. The van der Waals surface area contributed by atoms with Gasteiger partial charge in [0.05, 0.1) is 25.2 Å². The van der Waals surface area contributed by atoms with Crippen molar-refractivity contribution >= 4 is 11.9 Å². The molecule has 0 aliphatic carbocycles. The molecule has 1 unspecified atom stereocenters. The van der Waals surface area contributed by atoms with Crippen LogP contribution in [0.4, 0.5) is 0 Å². The van der Waals surface area contributed by atoms with Gasteiger partial charge in [0.1, 0.15) is 11.5 Å². The molecule has 2 saturated heterocycles. The van der Waals surface area contributed by atoms with Crippen LogP contribution >= 0.6 is 0 Å². The molecule has 0 aromatic rings. The third-order valence-electron chi connectivity index (χ3n) is 5.22. The number of carbonyl (C=O) groups is 2. The summed E-state index contributed by atoms with van der Waals surface area (Å²) in [7, 11) is 1.65. The van der Waals surface area contributed by atoms with Crippen molar-refractivity contribution in [1.29, 1.82) is 0 Å². The second-order valence-electron chi connectivity index (χ2n) is 6.88. The Morgan fingerprint density at radius 1 is 1.38 bits per heavy atom. The molecule has 1 spiro atoms. The number of rotatable bonds is 9. The fourth-order valence-corrected chi connectivity index (χ4v) is 4.06. The SMILES string of the molecule is CCCCCOC(=O)C1[C@@H]2C=C[C@]3(CN(CCCOC)C(=O)[C@H]13)O2. The fourth-order valence-electron chi connectivity index (χ4n) is 4.06. The van der Waals surface area contributed by atoms with Gasteiger partial charge >= 0.3 is 5.97 Å². The van der Waals surface area contributed by atoms with E-state index in [1.54, 1.807) is 12.0 Å². The summed E-state index contributed by atoms with van der Waals surface area (Å²) in [4.78, 5) is 27.1. The van der Waals surface area contributed by atoms with E-state index in [2.05, 4.69) is 6.92 Å². The predicted molar refractivity (Wildman–Crippen MR) is 87.3 cm³/mol. The van der Waals surface area contributed by atoms with Crippen molar-refractivity contribution in [3.63, 3.8) is 0 Å². The minimum atomic E-state index is -0.637. The highest BCUT2D eigenvalue weighted by molar-refractivity contribution is 5.91. The number of hydrogen-bond donors (Lipinski definition) is 0. The number of carbonyl (C=O) groups excluding carboxylic acids is 2. The molecule has 3 heterocycles. The number of nitrogens with zero attached hydrogens (tertiary/aromatic N) is 1. The molecule has 24 heavy (non-hydrogen) atoms. The van der Waals surface area contributed by atoms with E-state index in [1.165, 1.54) is 0 Å². The molecule has 1 amide bonds. The zero-order valence-corrected chi connectivity index (χ0v) is 14.5. The summed E-state index contributed by atoms with van der Waals surface area (Å²) in [6, 6.07) is 0. The monoisotopic (exact) mass is 337 g/mol. The second-order valence-corrected chi connectivity index (χ2v) is 6.88. The summed E-state index contributed by atoms with van der Waals surface area (Å²) in [5.74, 6) is -1.22. The molecular weight excluding hydrogens is 310 g/mol. The van der Waals surface area contributed by atoms with E-state index < -0.39 is 17.4 Å². The maximum Gasteiger partial charge on any atom is 0.312 e. The Hall–Kier alpha value is -1.40. The lowest BCUT2D eigenvalue weighted by atomic mass is 9.77. The molecule has 4 atom stereocenters. The highest BCUT2D eigenvalue weighted by Crippen LogP contribution is 2.52. The first kappa shape index (κ1) is 17.4. The number of ether oxygens (including phenoxy) is 3. The van der Waals surface area contributed by atoms with Gasteiger partial charge in [-0.05, 0) is 12.8 Å². The van der Waals surface area contributed by atoms with E-state index in [1.807, 2.05) is 12.2 Å². The topological polar surface area (TPSA) is 65.1 Å². The summed E-state index contributed by atoms with van der Waals surface area (Å²) < 4.78 is 16.5. The summed E-state index contributed by atoms with van der Waals surface area (Å²) in [5.41, 5.74) is -0.637. The minimum absolute atomic E-state index is 0.00783. The average Bonchev–Trinajstić information content (AvgIpc) is 3.20. The van der Waals surface area contributed by atoms with Crippen molar-refractivity contribution in [2.45, 2.75) is 44.3 Å². The smallest absolute Gasteiger partial charge is 0.312 e. The van der Waals surface area contributed by atoms with Crippen LogP contribution in [0.3, 0.4) is 0 Å². The number of amides is 1. The normalized spacial score (nSPS) is 33.3. The van der Waals surface area contributed by atoms with E-state index in [0.717, 1.165) is 25.7 Å². The first-order valence-corrected chi connectivity index (χ1v) is 8.94.